The van der Waals surface area contributed by atoms with Gasteiger partial charge in [-0.3, -0.25) is 0 Å². The molecule has 0 aliphatic heterocycles. The first kappa shape index (κ1) is 30.0. The number of hydrogen-bond acceptors (Lipinski definition) is 0. The Morgan fingerprint density at radius 2 is 1.09 bits per heavy atom. The van der Waals surface area contributed by atoms with Crippen LogP contribution in [0.25, 0.3) is 16.7 Å². The summed E-state index contributed by atoms with van der Waals surface area (Å²) in [5, 5.41) is 0. The minimum Gasteiger partial charge on any atom is -0.0952 e. The fourth-order valence-electron chi connectivity index (χ4n) is 12.6. The van der Waals surface area contributed by atoms with E-state index in [1.807, 2.05) is 0 Å². The van der Waals surface area contributed by atoms with Crippen molar-refractivity contribution in [3.05, 3.63) is 120 Å². The van der Waals surface area contributed by atoms with Crippen molar-refractivity contribution in [3.8, 4) is 0 Å². The van der Waals surface area contributed by atoms with Crippen molar-refractivity contribution in [2.75, 3.05) is 0 Å². The fourth-order valence-corrected chi connectivity index (χ4v) is 12.6. The van der Waals surface area contributed by atoms with Crippen LogP contribution in [0.1, 0.15) is 174 Å². The quantitative estimate of drug-likeness (QED) is 0.235. The third kappa shape index (κ3) is 3.56. The highest BCUT2D eigenvalue weighted by atomic mass is 14.6. The van der Waals surface area contributed by atoms with Crippen LogP contribution in [0.5, 0.6) is 0 Å². The van der Waals surface area contributed by atoms with Gasteiger partial charge in [-0.2, -0.15) is 0 Å². The third-order valence-corrected chi connectivity index (χ3v) is 14.8. The zero-order valence-corrected chi connectivity index (χ0v) is 30.8. The van der Waals surface area contributed by atoms with Crippen LogP contribution < -0.4 is 0 Å². The van der Waals surface area contributed by atoms with E-state index in [9.17, 15) is 0 Å². The molecule has 1 spiro atoms. The Hall–Kier alpha value is -3.12. The summed E-state index contributed by atoms with van der Waals surface area (Å²) in [5.41, 5.74) is 30.1. The van der Waals surface area contributed by atoms with Gasteiger partial charge >= 0.3 is 0 Å². The zero-order chi connectivity index (χ0) is 33.1. The lowest BCUT2D eigenvalue weighted by Gasteiger charge is -2.49. The Balaban J connectivity index is 1.47. The van der Waals surface area contributed by atoms with E-state index in [2.05, 4.69) is 93.5 Å². The average molecular weight is 619 g/mol. The SMILES string of the molecule is C=C1CC2(c3cc4c5c(c3Cc3c2cc2c6c3CCCC6C(C)(C)C=C2C)CCCC5C(C)(C)C=C4C)c2c(C)c(C)c(C)c(C)c21. The van der Waals surface area contributed by atoms with Crippen molar-refractivity contribution < 1.29 is 0 Å². The van der Waals surface area contributed by atoms with Crippen LogP contribution in [-0.4, -0.2) is 0 Å². The summed E-state index contributed by atoms with van der Waals surface area (Å²) in [4.78, 5) is 0. The standard InChI is InChI=1S/C47H54/c1-24-21-45(8,9)37-16-12-14-31-35-18-36-32-15-13-17-38-43(32)34(25(2)22-46(38,10)11)20-40(36)47(39(35)19-33(24)42(31)37)23-26(3)41-29(6)27(4)28(5)30(7)44(41)47/h19-22,37-38H,3,12-18,23H2,1-2,4-11H3. The largest absolute Gasteiger partial charge is 0.0952 e. The summed E-state index contributed by atoms with van der Waals surface area (Å²) >= 11 is 0. The summed E-state index contributed by atoms with van der Waals surface area (Å²) in [6.07, 6.45) is 15.0. The van der Waals surface area contributed by atoms with Crippen LogP contribution >= 0.6 is 0 Å². The van der Waals surface area contributed by atoms with Gasteiger partial charge in [-0.1, -0.05) is 46.4 Å². The van der Waals surface area contributed by atoms with E-state index < -0.39 is 0 Å². The predicted molar refractivity (Wildman–Crippen MR) is 201 cm³/mol. The molecule has 0 radical (unpaired) electrons. The minimum atomic E-state index is -0.194. The van der Waals surface area contributed by atoms with Crippen LogP contribution in [-0.2, 0) is 24.7 Å². The number of allylic oxidation sites excluding steroid dienone is 5. The van der Waals surface area contributed by atoms with E-state index in [0.717, 1.165) is 12.8 Å². The molecule has 0 heteroatoms. The second kappa shape index (κ2) is 9.31. The molecule has 0 saturated heterocycles. The smallest absolute Gasteiger partial charge is 0.0506 e. The lowest BCUT2D eigenvalue weighted by atomic mass is 9.54. The van der Waals surface area contributed by atoms with E-state index >= 15 is 0 Å². The van der Waals surface area contributed by atoms with E-state index in [1.54, 1.807) is 61.2 Å². The van der Waals surface area contributed by atoms with Crippen molar-refractivity contribution in [2.24, 2.45) is 10.8 Å². The van der Waals surface area contributed by atoms with Crippen LogP contribution in [0.4, 0.5) is 0 Å². The second-order valence-electron chi connectivity index (χ2n) is 18.0. The topological polar surface area (TPSA) is 0 Å². The molecule has 0 saturated carbocycles. The van der Waals surface area contributed by atoms with Gasteiger partial charge in [0.05, 0.1) is 5.41 Å². The first-order valence-electron chi connectivity index (χ1n) is 18.8. The monoisotopic (exact) mass is 618 g/mol. The molecule has 2 unspecified atom stereocenters. The van der Waals surface area contributed by atoms with Crippen LogP contribution in [0.3, 0.4) is 0 Å². The molecule has 0 amide bonds. The van der Waals surface area contributed by atoms with Gasteiger partial charge in [-0.15, -0.1) is 0 Å². The van der Waals surface area contributed by atoms with Gasteiger partial charge in [0.1, 0.15) is 0 Å². The number of fused-ring (bicyclic) bond motifs is 8. The molecular weight excluding hydrogens is 565 g/mol. The average Bonchev–Trinajstić information content (AvgIpc) is 3.33. The van der Waals surface area contributed by atoms with Gasteiger partial charge in [-0.25, -0.2) is 0 Å². The molecule has 47 heavy (non-hydrogen) atoms. The normalized spacial score (nSPS) is 27.0. The van der Waals surface area contributed by atoms with Crippen molar-refractivity contribution >= 4 is 16.7 Å². The van der Waals surface area contributed by atoms with E-state index in [4.69, 9.17) is 6.58 Å². The van der Waals surface area contributed by atoms with Gasteiger partial charge in [0.15, 0.2) is 0 Å². The van der Waals surface area contributed by atoms with Gasteiger partial charge in [0.2, 0.25) is 0 Å². The van der Waals surface area contributed by atoms with Crippen LogP contribution in [0.2, 0.25) is 0 Å². The molecule has 6 aliphatic rings. The Bertz CT molecular complexity index is 1960. The molecular formula is C47H54. The molecule has 0 N–H and O–H groups in total. The molecule has 3 aromatic carbocycles. The first-order chi connectivity index (χ1) is 22.2. The van der Waals surface area contributed by atoms with Gasteiger partial charge in [0.25, 0.3) is 0 Å². The summed E-state index contributed by atoms with van der Waals surface area (Å²) in [6, 6.07) is 5.48. The zero-order valence-electron chi connectivity index (χ0n) is 30.8. The van der Waals surface area contributed by atoms with Crippen molar-refractivity contribution in [1.29, 1.82) is 0 Å². The lowest BCUT2D eigenvalue weighted by molar-refractivity contribution is 0.326. The Morgan fingerprint density at radius 1 is 0.617 bits per heavy atom. The summed E-state index contributed by atoms with van der Waals surface area (Å²) in [6.45, 7) is 29.2. The lowest BCUT2D eigenvalue weighted by Crippen LogP contribution is -2.39. The maximum atomic E-state index is 4.92. The van der Waals surface area contributed by atoms with E-state index in [0.29, 0.717) is 11.8 Å². The maximum Gasteiger partial charge on any atom is 0.0506 e. The molecule has 6 aliphatic carbocycles. The van der Waals surface area contributed by atoms with Crippen LogP contribution in [0.15, 0.2) is 30.9 Å². The predicted octanol–water partition coefficient (Wildman–Crippen LogP) is 12.3. The van der Waals surface area contributed by atoms with Gasteiger partial charge < -0.3 is 0 Å². The number of rotatable bonds is 0. The summed E-state index contributed by atoms with van der Waals surface area (Å²) in [7, 11) is 0. The fraction of sp³-hybridized carbons (Fsp3) is 0.489. The molecule has 3 aromatic rings. The Labute approximate surface area is 284 Å². The molecule has 2 atom stereocenters. The molecule has 9 rings (SSSR count). The second-order valence-corrected chi connectivity index (χ2v) is 18.0. The molecule has 0 aromatic heterocycles. The first-order valence-corrected chi connectivity index (χ1v) is 18.8. The van der Waals surface area contributed by atoms with Gasteiger partial charge in [-0.05, 0) is 233 Å². The highest BCUT2D eigenvalue weighted by molar-refractivity contribution is 5.88. The minimum absolute atomic E-state index is 0.194. The Morgan fingerprint density at radius 3 is 1.57 bits per heavy atom. The Kier molecular flexibility index (Phi) is 5.94. The van der Waals surface area contributed by atoms with Crippen LogP contribution in [0, 0.1) is 38.5 Å². The molecule has 0 nitrogen and oxygen atoms in total. The van der Waals surface area contributed by atoms with E-state index in [-0.39, 0.29) is 16.2 Å². The van der Waals surface area contributed by atoms with E-state index in [1.165, 1.54) is 83.1 Å². The molecule has 0 bridgehead atoms. The number of hydrogen-bond donors (Lipinski definition) is 0. The summed E-state index contributed by atoms with van der Waals surface area (Å²) in [5.74, 6) is 1.24. The van der Waals surface area contributed by atoms with Gasteiger partial charge in [0, 0.05) is 0 Å². The highest BCUT2D eigenvalue weighted by Crippen LogP contribution is 2.64. The maximum absolute atomic E-state index is 4.92. The van der Waals surface area contributed by atoms with Crippen molar-refractivity contribution in [1.82, 2.24) is 0 Å². The van der Waals surface area contributed by atoms with Crippen molar-refractivity contribution in [3.63, 3.8) is 0 Å². The van der Waals surface area contributed by atoms with Crippen molar-refractivity contribution in [2.45, 2.75) is 138 Å². The molecule has 0 heterocycles. The molecule has 0 fully saturated rings. The highest BCUT2D eigenvalue weighted by Gasteiger charge is 2.53. The molecule has 242 valence electrons. The number of benzene rings is 3. The third-order valence-electron chi connectivity index (χ3n) is 14.8. The summed E-state index contributed by atoms with van der Waals surface area (Å²) < 4.78 is 0.